The SMILES string of the molecule is Cc1ccc(-c2cc3c(c(O)c2C)c(=O)oc2ccc(C)cc23)cc1. The lowest BCUT2D eigenvalue weighted by molar-refractivity contribution is 0.474. The van der Waals surface area contributed by atoms with Gasteiger partial charge in [0.2, 0.25) is 0 Å². The van der Waals surface area contributed by atoms with Crippen LogP contribution in [0.15, 0.2) is 57.7 Å². The molecule has 0 bridgehead atoms. The van der Waals surface area contributed by atoms with Crippen LogP contribution in [-0.4, -0.2) is 5.11 Å². The molecule has 3 nitrogen and oxygen atoms in total. The summed E-state index contributed by atoms with van der Waals surface area (Å²) in [6.45, 7) is 5.85. The van der Waals surface area contributed by atoms with Crippen LogP contribution in [0.2, 0.25) is 0 Å². The Balaban J connectivity index is 2.18. The minimum absolute atomic E-state index is 0.00905. The molecule has 3 heteroatoms. The van der Waals surface area contributed by atoms with Gasteiger partial charge in [-0.05, 0) is 55.7 Å². The van der Waals surface area contributed by atoms with Gasteiger partial charge in [-0.3, -0.25) is 0 Å². The molecule has 0 aliphatic heterocycles. The van der Waals surface area contributed by atoms with E-state index in [1.807, 2.05) is 63.2 Å². The molecule has 0 unspecified atom stereocenters. The van der Waals surface area contributed by atoms with E-state index >= 15 is 0 Å². The molecule has 0 fully saturated rings. The van der Waals surface area contributed by atoms with E-state index in [9.17, 15) is 9.90 Å². The van der Waals surface area contributed by atoms with Gasteiger partial charge in [-0.15, -0.1) is 0 Å². The number of fused-ring (bicyclic) bond motifs is 3. The summed E-state index contributed by atoms with van der Waals surface area (Å²) in [5, 5.41) is 12.5. The van der Waals surface area contributed by atoms with Crippen LogP contribution in [0, 0.1) is 20.8 Å². The summed E-state index contributed by atoms with van der Waals surface area (Å²) < 4.78 is 5.41. The first-order valence-corrected chi connectivity index (χ1v) is 8.22. The number of rotatable bonds is 1. The third-order valence-electron chi connectivity index (χ3n) is 4.75. The highest BCUT2D eigenvalue weighted by Crippen LogP contribution is 2.38. The van der Waals surface area contributed by atoms with Crippen molar-refractivity contribution in [3.8, 4) is 16.9 Å². The van der Waals surface area contributed by atoms with E-state index in [1.54, 1.807) is 6.07 Å². The van der Waals surface area contributed by atoms with Crippen LogP contribution in [0.5, 0.6) is 5.75 Å². The van der Waals surface area contributed by atoms with Gasteiger partial charge in [-0.2, -0.15) is 0 Å². The van der Waals surface area contributed by atoms with Crippen molar-refractivity contribution in [2.24, 2.45) is 0 Å². The van der Waals surface area contributed by atoms with Crippen LogP contribution in [0.25, 0.3) is 32.9 Å². The Bertz CT molecular complexity index is 1180. The van der Waals surface area contributed by atoms with Crippen molar-refractivity contribution in [1.29, 1.82) is 0 Å². The van der Waals surface area contributed by atoms with E-state index in [2.05, 4.69) is 0 Å². The van der Waals surface area contributed by atoms with Gasteiger partial charge in [0, 0.05) is 10.8 Å². The van der Waals surface area contributed by atoms with Crippen molar-refractivity contribution in [3.05, 3.63) is 75.6 Å². The molecule has 0 radical (unpaired) electrons. The minimum atomic E-state index is -0.512. The van der Waals surface area contributed by atoms with Crippen LogP contribution in [0.1, 0.15) is 16.7 Å². The monoisotopic (exact) mass is 330 g/mol. The largest absolute Gasteiger partial charge is 0.507 e. The zero-order valence-corrected chi connectivity index (χ0v) is 14.4. The topological polar surface area (TPSA) is 50.4 Å². The maximum atomic E-state index is 12.4. The van der Waals surface area contributed by atoms with Gasteiger partial charge >= 0.3 is 5.63 Å². The van der Waals surface area contributed by atoms with E-state index < -0.39 is 5.63 Å². The molecule has 1 N–H and O–H groups in total. The van der Waals surface area contributed by atoms with E-state index in [0.717, 1.165) is 22.1 Å². The van der Waals surface area contributed by atoms with Crippen molar-refractivity contribution in [2.45, 2.75) is 20.8 Å². The van der Waals surface area contributed by atoms with Crippen LogP contribution in [0.4, 0.5) is 0 Å². The molecule has 25 heavy (non-hydrogen) atoms. The number of hydrogen-bond acceptors (Lipinski definition) is 3. The fraction of sp³-hybridized carbons (Fsp3) is 0.136. The summed E-state index contributed by atoms with van der Waals surface area (Å²) in [4.78, 5) is 12.4. The maximum absolute atomic E-state index is 12.4. The predicted molar refractivity (Wildman–Crippen MR) is 101 cm³/mol. The zero-order chi connectivity index (χ0) is 17.7. The lowest BCUT2D eigenvalue weighted by Crippen LogP contribution is -2.02. The summed E-state index contributed by atoms with van der Waals surface area (Å²) >= 11 is 0. The average molecular weight is 330 g/mol. The smallest absolute Gasteiger partial charge is 0.347 e. The number of aromatic hydroxyl groups is 1. The van der Waals surface area contributed by atoms with Gasteiger partial charge < -0.3 is 9.52 Å². The summed E-state index contributed by atoms with van der Waals surface area (Å²) in [6.07, 6.45) is 0. The molecule has 3 aromatic carbocycles. The average Bonchev–Trinajstić information content (AvgIpc) is 2.59. The fourth-order valence-corrected chi connectivity index (χ4v) is 3.31. The number of benzene rings is 3. The third kappa shape index (κ3) is 2.40. The Morgan fingerprint density at radius 1 is 0.840 bits per heavy atom. The molecular weight excluding hydrogens is 312 g/mol. The Morgan fingerprint density at radius 2 is 1.52 bits per heavy atom. The van der Waals surface area contributed by atoms with Gasteiger partial charge in [-0.1, -0.05) is 41.5 Å². The van der Waals surface area contributed by atoms with Crippen LogP contribution >= 0.6 is 0 Å². The molecule has 0 spiro atoms. The zero-order valence-electron chi connectivity index (χ0n) is 14.4. The van der Waals surface area contributed by atoms with Gasteiger partial charge in [0.25, 0.3) is 0 Å². The summed E-state index contributed by atoms with van der Waals surface area (Å²) in [5.74, 6) is -0.00905. The summed E-state index contributed by atoms with van der Waals surface area (Å²) in [6, 6.07) is 15.8. The second-order valence-electron chi connectivity index (χ2n) is 6.58. The van der Waals surface area contributed by atoms with Crippen molar-refractivity contribution in [2.75, 3.05) is 0 Å². The predicted octanol–water partition coefficient (Wildman–Crippen LogP) is 5.24. The highest BCUT2D eigenvalue weighted by molar-refractivity contribution is 6.09. The van der Waals surface area contributed by atoms with Gasteiger partial charge in [0.1, 0.15) is 16.7 Å². The van der Waals surface area contributed by atoms with Crippen molar-refractivity contribution < 1.29 is 9.52 Å². The molecule has 0 atom stereocenters. The Hall–Kier alpha value is -3.07. The van der Waals surface area contributed by atoms with Crippen molar-refractivity contribution in [3.63, 3.8) is 0 Å². The molecule has 0 amide bonds. The minimum Gasteiger partial charge on any atom is -0.507 e. The van der Waals surface area contributed by atoms with Crippen LogP contribution < -0.4 is 5.63 Å². The van der Waals surface area contributed by atoms with E-state index in [4.69, 9.17) is 4.42 Å². The first kappa shape index (κ1) is 15.5. The lowest BCUT2D eigenvalue weighted by Gasteiger charge is -2.13. The Morgan fingerprint density at radius 3 is 2.24 bits per heavy atom. The molecule has 0 aliphatic carbocycles. The molecule has 1 heterocycles. The van der Waals surface area contributed by atoms with Gasteiger partial charge in [0.15, 0.2) is 0 Å². The molecule has 124 valence electrons. The highest BCUT2D eigenvalue weighted by Gasteiger charge is 2.17. The number of hydrogen-bond donors (Lipinski definition) is 1. The van der Waals surface area contributed by atoms with Crippen molar-refractivity contribution >= 4 is 21.7 Å². The first-order valence-electron chi connectivity index (χ1n) is 8.22. The molecular formula is C22H18O3. The second-order valence-corrected chi connectivity index (χ2v) is 6.58. The summed E-state index contributed by atoms with van der Waals surface area (Å²) in [5.41, 5.74) is 4.86. The van der Waals surface area contributed by atoms with Gasteiger partial charge in [0.05, 0.1) is 0 Å². The van der Waals surface area contributed by atoms with E-state index in [0.29, 0.717) is 16.5 Å². The number of phenolic OH excluding ortho intramolecular Hbond substituents is 1. The summed E-state index contributed by atoms with van der Waals surface area (Å²) in [7, 11) is 0. The maximum Gasteiger partial charge on any atom is 0.347 e. The second kappa shape index (κ2) is 5.49. The molecule has 0 saturated carbocycles. The number of phenols is 1. The van der Waals surface area contributed by atoms with Crippen LogP contribution in [-0.2, 0) is 0 Å². The Kier molecular flexibility index (Phi) is 3.39. The Labute approximate surface area is 145 Å². The van der Waals surface area contributed by atoms with Crippen LogP contribution in [0.3, 0.4) is 0 Å². The molecule has 4 rings (SSSR count). The normalized spacial score (nSPS) is 11.3. The standard InChI is InChI=1S/C22H18O3/c1-12-4-7-15(8-5-12)16-11-18-17-10-13(2)6-9-19(17)25-22(24)20(18)21(23)14(16)3/h4-11,23H,1-3H3. The molecule has 0 aliphatic rings. The molecule has 4 aromatic rings. The van der Waals surface area contributed by atoms with Gasteiger partial charge in [-0.25, -0.2) is 4.79 Å². The fourth-order valence-electron chi connectivity index (χ4n) is 3.31. The van der Waals surface area contributed by atoms with E-state index in [-0.39, 0.29) is 11.1 Å². The van der Waals surface area contributed by atoms with E-state index in [1.165, 1.54) is 5.56 Å². The lowest BCUT2D eigenvalue weighted by atomic mass is 9.94. The number of aryl methyl sites for hydroxylation is 2. The first-order chi connectivity index (χ1) is 12.0. The molecule has 0 saturated heterocycles. The van der Waals surface area contributed by atoms with Crippen molar-refractivity contribution in [1.82, 2.24) is 0 Å². The third-order valence-corrected chi connectivity index (χ3v) is 4.75. The molecule has 1 aromatic heterocycles. The highest BCUT2D eigenvalue weighted by atomic mass is 16.4. The quantitative estimate of drug-likeness (QED) is 0.383.